The van der Waals surface area contributed by atoms with E-state index in [-0.39, 0.29) is 20.1 Å². The van der Waals surface area contributed by atoms with Gasteiger partial charge in [-0.25, -0.2) is 0 Å². The average Bonchev–Trinajstić information content (AvgIpc) is 2.75. The van der Waals surface area contributed by atoms with Crippen molar-refractivity contribution < 1.29 is 85.2 Å². The van der Waals surface area contributed by atoms with Gasteiger partial charge in [0, 0.05) is 20.1 Å². The molecule has 128 valence electrons. The van der Waals surface area contributed by atoms with Crippen molar-refractivity contribution in [1.82, 2.24) is 0 Å². The van der Waals surface area contributed by atoms with Crippen molar-refractivity contribution >= 4 is 4.21 Å². The Balaban J connectivity index is -0.00000000895. The van der Waals surface area contributed by atoms with Crippen molar-refractivity contribution in [2.75, 3.05) is 7.11 Å². The Hall–Kier alpha value is -1.21. The number of rotatable bonds is 1. The van der Waals surface area contributed by atoms with Crippen LogP contribution in [0, 0.1) is 59.9 Å². The third-order valence-corrected chi connectivity index (χ3v) is 0.661. The predicted molar refractivity (Wildman–Crippen MR) is 53.1 cm³/mol. The number of hydrogen-bond donors (Lipinski definition) is 0. The van der Waals surface area contributed by atoms with Crippen molar-refractivity contribution in [2.24, 2.45) is 0 Å². The Morgan fingerprint density at radius 2 is 0.583 bits per heavy atom. The van der Waals surface area contributed by atoms with Crippen LogP contribution in [-0.2, 0) is 85.2 Å². The SMILES string of the molecule is CO[C](C)=[Tc].[C-]#[O+].[C-]#[O+].[C-]#[O+].[C-]#[O+].[C-]#[O+].[C-]#[O+].[C-]#[O+].[C-]#[O+].[C-]#[O+].[Tc]. The largest absolute Gasteiger partial charge is 0 e. The molecule has 12 heteroatoms. The van der Waals surface area contributed by atoms with Crippen LogP contribution in [0.3, 0.4) is 0 Å². The summed E-state index contributed by atoms with van der Waals surface area (Å²) in [7, 11) is 1.65. The van der Waals surface area contributed by atoms with E-state index in [0.717, 1.165) is 4.21 Å². The van der Waals surface area contributed by atoms with E-state index < -0.39 is 0 Å². The smallest absolute Gasteiger partial charge is 0 e. The summed E-state index contributed by atoms with van der Waals surface area (Å²) >= 11 is 2.10. The van der Waals surface area contributed by atoms with Crippen LogP contribution >= 0.6 is 0 Å². The topological polar surface area (TPSA) is 188 Å². The van der Waals surface area contributed by atoms with Crippen molar-refractivity contribution in [2.45, 2.75) is 6.92 Å². The minimum absolute atomic E-state index is 0. The van der Waals surface area contributed by atoms with Crippen molar-refractivity contribution in [1.29, 1.82) is 0 Å². The summed E-state index contributed by atoms with van der Waals surface area (Å²) in [6.07, 6.45) is 0. The third-order valence-electron chi connectivity index (χ3n) is 0.281. The summed E-state index contributed by atoms with van der Waals surface area (Å²) in [4.78, 5) is 0. The van der Waals surface area contributed by atoms with Gasteiger partial charge in [0.15, 0.2) is 0 Å². The second-order valence-corrected chi connectivity index (χ2v) is 1.98. The number of hydrogen-bond acceptors (Lipinski definition) is 1. The van der Waals surface area contributed by atoms with Gasteiger partial charge in [-0.1, -0.05) is 0 Å². The first-order valence-electron chi connectivity index (χ1n) is 3.14. The fourth-order valence-corrected chi connectivity index (χ4v) is 0. The van der Waals surface area contributed by atoms with Crippen LogP contribution in [0.25, 0.3) is 0 Å². The molecule has 0 bridgehead atoms. The van der Waals surface area contributed by atoms with E-state index >= 15 is 0 Å². The molecule has 1 radical (unpaired) electrons. The van der Waals surface area contributed by atoms with E-state index in [2.05, 4.69) is 83.0 Å². The zero-order chi connectivity index (χ0) is 22.3. The maximum atomic E-state index is 7.50. The monoisotopic (exact) mass is 504 g/mol. The first-order valence-corrected chi connectivity index (χ1v) is 4.07. The van der Waals surface area contributed by atoms with E-state index in [1.807, 2.05) is 6.92 Å². The van der Waals surface area contributed by atoms with Gasteiger partial charge in [-0.05, 0) is 0 Å². The molecule has 0 heterocycles. The minimum atomic E-state index is 0. The van der Waals surface area contributed by atoms with Gasteiger partial charge in [-0.3, -0.25) is 0 Å². The Morgan fingerprint density at radius 1 is 0.542 bits per heavy atom. The second kappa shape index (κ2) is 1210. The van der Waals surface area contributed by atoms with Crippen LogP contribution in [0.15, 0.2) is 0 Å². The van der Waals surface area contributed by atoms with E-state index in [1.165, 1.54) is 0 Å². The molecule has 0 aromatic heterocycles. The standard InChI is InChI=1S/C3H6O.9CO.2Tc/c1-3-4-2;9*1-2;;/h1-2H3;;;;;;;;;;;. The molecule has 0 N–H and O–H groups in total. The molecule has 0 spiro atoms. The fraction of sp³-hybridized carbons (Fsp3) is 0.167. The normalized spacial score (nSPS) is 2.33. The van der Waals surface area contributed by atoms with Gasteiger partial charge in [0.2, 0.25) is 0 Å². The van der Waals surface area contributed by atoms with Crippen LogP contribution in [0.2, 0.25) is 0 Å². The van der Waals surface area contributed by atoms with E-state index in [9.17, 15) is 0 Å². The van der Waals surface area contributed by atoms with Gasteiger partial charge in [0.05, 0.1) is 0 Å². The summed E-state index contributed by atoms with van der Waals surface area (Å²) in [6.45, 7) is 42.4. The van der Waals surface area contributed by atoms with Gasteiger partial charge in [-0.2, -0.15) is 0 Å². The maximum Gasteiger partial charge on any atom is 0 e. The van der Waals surface area contributed by atoms with E-state index in [0.29, 0.717) is 0 Å². The van der Waals surface area contributed by atoms with Crippen molar-refractivity contribution in [3.63, 3.8) is 0 Å². The predicted octanol–water partition coefficient (Wildman–Crippen LogP) is -0.0107. The van der Waals surface area contributed by atoms with Crippen LogP contribution in [0.4, 0.5) is 0 Å². The van der Waals surface area contributed by atoms with Crippen molar-refractivity contribution in [3.05, 3.63) is 59.9 Å². The Labute approximate surface area is 163 Å². The summed E-state index contributed by atoms with van der Waals surface area (Å²) in [5.74, 6) is 0. The van der Waals surface area contributed by atoms with Crippen LogP contribution in [0.1, 0.15) is 6.92 Å². The zero-order valence-corrected chi connectivity index (χ0v) is 15.6. The third kappa shape index (κ3) is 13100. The van der Waals surface area contributed by atoms with Gasteiger partial charge >= 0.3 is 143 Å². The van der Waals surface area contributed by atoms with E-state index in [1.54, 1.807) is 7.11 Å². The molecule has 24 heavy (non-hydrogen) atoms. The molecule has 0 amide bonds. The molecular weight excluding hydrogens is 500 g/mol. The molecule has 10 nitrogen and oxygen atoms in total. The first kappa shape index (κ1) is 77.8. The Kier molecular flexibility index (Phi) is 3930. The molecular formula is C12H6O10Tc2. The fourth-order valence-electron chi connectivity index (χ4n) is 0. The molecule has 0 saturated heterocycles. The molecule has 0 aliphatic carbocycles. The average molecular weight is 506 g/mol. The second-order valence-electron chi connectivity index (χ2n) is 0.674. The first-order chi connectivity index (χ1) is 11.3. The molecule has 0 rings (SSSR count). The summed E-state index contributed by atoms with van der Waals surface area (Å²) in [6, 6.07) is 0. The van der Waals surface area contributed by atoms with Crippen LogP contribution in [0.5, 0.6) is 0 Å². The molecule has 0 fully saturated rings. The molecule has 0 aromatic rings. The van der Waals surface area contributed by atoms with Crippen molar-refractivity contribution in [3.8, 4) is 0 Å². The minimum Gasteiger partial charge on any atom is 0 e. The van der Waals surface area contributed by atoms with Gasteiger partial charge in [0.25, 0.3) is 0 Å². The van der Waals surface area contributed by atoms with Crippen LogP contribution < -0.4 is 0 Å². The quantitative estimate of drug-likeness (QED) is 0.351. The van der Waals surface area contributed by atoms with Gasteiger partial charge < -0.3 is 0 Å². The maximum absolute atomic E-state index is 7.50. The molecule has 0 aliphatic rings. The summed E-state index contributed by atoms with van der Waals surface area (Å²) < 4.78 is 73.1. The van der Waals surface area contributed by atoms with Crippen LogP contribution in [-0.4, -0.2) is 11.3 Å². The summed E-state index contributed by atoms with van der Waals surface area (Å²) in [5, 5.41) is 0. The van der Waals surface area contributed by atoms with E-state index in [4.69, 9.17) is 41.9 Å². The number of methoxy groups -OCH3 is 1. The Bertz CT molecular complexity index is 245. The summed E-state index contributed by atoms with van der Waals surface area (Å²) in [5.41, 5.74) is 0. The molecule has 0 unspecified atom stereocenters. The van der Waals surface area contributed by atoms with Gasteiger partial charge in [-0.15, -0.1) is 0 Å². The molecule has 0 atom stereocenters. The number of ether oxygens (including phenoxy) is 1. The molecule has 0 aliphatic heterocycles. The van der Waals surface area contributed by atoms with Gasteiger partial charge in [0.1, 0.15) is 0 Å². The zero-order valence-electron chi connectivity index (χ0n) is 11.8. The molecule has 0 aromatic carbocycles. The molecule has 0 saturated carbocycles. The Morgan fingerprint density at radius 3 is 0.583 bits per heavy atom.